The van der Waals surface area contributed by atoms with Crippen molar-refractivity contribution in [3.8, 4) is 23.0 Å². The molecule has 0 bridgehead atoms. The molecule has 0 aliphatic heterocycles. The third kappa shape index (κ3) is 7.17. The van der Waals surface area contributed by atoms with Crippen molar-refractivity contribution in [1.29, 1.82) is 0 Å². The summed E-state index contributed by atoms with van der Waals surface area (Å²) in [6.07, 6.45) is 0. The standard InChI is InChI=1S/C25H28O8/c1-14(26)30-20-10-8-18(12-22(20)32-16(3)28)24(25(5,6)7)19-9-11-21(31-15(2)27)23(13-19)33-17(4)29/h8-13,24H,1-7H3. The van der Waals surface area contributed by atoms with Crippen molar-refractivity contribution in [3.63, 3.8) is 0 Å². The number of esters is 4. The smallest absolute Gasteiger partial charge is 0.308 e. The van der Waals surface area contributed by atoms with E-state index >= 15 is 0 Å². The predicted molar refractivity (Wildman–Crippen MR) is 119 cm³/mol. The molecule has 0 amide bonds. The van der Waals surface area contributed by atoms with E-state index in [4.69, 9.17) is 18.9 Å². The minimum absolute atomic E-state index is 0.112. The van der Waals surface area contributed by atoms with Crippen LogP contribution >= 0.6 is 0 Å². The summed E-state index contributed by atoms with van der Waals surface area (Å²) < 4.78 is 20.9. The van der Waals surface area contributed by atoms with E-state index < -0.39 is 23.9 Å². The topological polar surface area (TPSA) is 105 Å². The SMILES string of the molecule is CC(=O)Oc1ccc(C(c2ccc(OC(C)=O)c(OC(C)=O)c2)C(C)(C)C)cc1OC(C)=O. The van der Waals surface area contributed by atoms with Crippen molar-refractivity contribution in [1.82, 2.24) is 0 Å². The molecular weight excluding hydrogens is 428 g/mol. The van der Waals surface area contributed by atoms with E-state index in [1.807, 2.05) is 20.8 Å². The molecule has 0 fully saturated rings. The van der Waals surface area contributed by atoms with Crippen molar-refractivity contribution in [3.05, 3.63) is 47.5 Å². The molecule has 0 N–H and O–H groups in total. The molecule has 0 aromatic heterocycles. The van der Waals surface area contributed by atoms with Crippen LogP contribution in [0.15, 0.2) is 36.4 Å². The van der Waals surface area contributed by atoms with Crippen molar-refractivity contribution >= 4 is 23.9 Å². The van der Waals surface area contributed by atoms with Crippen LogP contribution in [0.1, 0.15) is 65.5 Å². The third-order valence-corrected chi connectivity index (χ3v) is 4.48. The number of hydrogen-bond donors (Lipinski definition) is 0. The second kappa shape index (κ2) is 10.3. The molecule has 2 rings (SSSR count). The Labute approximate surface area is 192 Å². The quantitative estimate of drug-likeness (QED) is 0.460. The average molecular weight is 456 g/mol. The van der Waals surface area contributed by atoms with E-state index in [0.29, 0.717) is 0 Å². The fourth-order valence-corrected chi connectivity index (χ4v) is 3.55. The summed E-state index contributed by atoms with van der Waals surface area (Å²) >= 11 is 0. The lowest BCUT2D eigenvalue weighted by Crippen LogP contribution is -2.20. The molecule has 176 valence electrons. The Balaban J connectivity index is 2.65. The van der Waals surface area contributed by atoms with Crippen LogP contribution in [0.25, 0.3) is 0 Å². The van der Waals surface area contributed by atoms with Gasteiger partial charge in [-0.1, -0.05) is 32.9 Å². The van der Waals surface area contributed by atoms with Gasteiger partial charge in [0.2, 0.25) is 0 Å². The molecule has 8 heteroatoms. The van der Waals surface area contributed by atoms with Gasteiger partial charge in [0, 0.05) is 33.6 Å². The number of benzene rings is 2. The molecule has 0 atom stereocenters. The lowest BCUT2D eigenvalue weighted by atomic mass is 9.72. The monoisotopic (exact) mass is 456 g/mol. The van der Waals surface area contributed by atoms with Gasteiger partial charge >= 0.3 is 23.9 Å². The van der Waals surface area contributed by atoms with Crippen molar-refractivity contribution in [2.45, 2.75) is 54.4 Å². The lowest BCUT2D eigenvalue weighted by Gasteiger charge is -2.32. The largest absolute Gasteiger partial charge is 0.423 e. The summed E-state index contributed by atoms with van der Waals surface area (Å²) in [5, 5.41) is 0. The normalized spacial score (nSPS) is 11.0. The minimum Gasteiger partial charge on any atom is -0.423 e. The molecule has 0 heterocycles. The highest BCUT2D eigenvalue weighted by Gasteiger charge is 2.30. The molecule has 0 saturated heterocycles. The van der Waals surface area contributed by atoms with Crippen LogP contribution in [0.3, 0.4) is 0 Å². The Kier molecular flexibility index (Phi) is 7.98. The number of ether oxygens (including phenoxy) is 4. The van der Waals surface area contributed by atoms with Gasteiger partial charge in [0.1, 0.15) is 0 Å². The van der Waals surface area contributed by atoms with Gasteiger partial charge in [-0.05, 0) is 40.8 Å². The van der Waals surface area contributed by atoms with Crippen molar-refractivity contribution in [2.75, 3.05) is 0 Å². The molecule has 0 saturated carbocycles. The van der Waals surface area contributed by atoms with E-state index in [1.165, 1.54) is 27.7 Å². The Morgan fingerprint density at radius 3 is 1.15 bits per heavy atom. The van der Waals surface area contributed by atoms with Gasteiger partial charge < -0.3 is 18.9 Å². The highest BCUT2D eigenvalue weighted by atomic mass is 16.6. The first-order valence-corrected chi connectivity index (χ1v) is 10.3. The van der Waals surface area contributed by atoms with Crippen molar-refractivity contribution < 1.29 is 38.1 Å². The lowest BCUT2D eigenvalue weighted by molar-refractivity contribution is -0.134. The first-order chi connectivity index (χ1) is 15.3. The van der Waals surface area contributed by atoms with Crippen LogP contribution in [-0.4, -0.2) is 23.9 Å². The number of carbonyl (C=O) groups excluding carboxylic acids is 4. The number of carbonyl (C=O) groups is 4. The number of rotatable bonds is 6. The Morgan fingerprint density at radius 1 is 0.576 bits per heavy atom. The molecule has 2 aromatic rings. The van der Waals surface area contributed by atoms with Crippen LogP contribution in [-0.2, 0) is 19.2 Å². The van der Waals surface area contributed by atoms with E-state index in [0.717, 1.165) is 11.1 Å². The highest BCUT2D eigenvalue weighted by molar-refractivity contribution is 5.75. The zero-order chi connectivity index (χ0) is 24.9. The second-order valence-corrected chi connectivity index (χ2v) is 8.59. The zero-order valence-electron chi connectivity index (χ0n) is 19.8. The second-order valence-electron chi connectivity index (χ2n) is 8.59. The van der Waals surface area contributed by atoms with E-state index in [2.05, 4.69) is 0 Å². The van der Waals surface area contributed by atoms with Gasteiger partial charge in [-0.3, -0.25) is 19.2 Å². The van der Waals surface area contributed by atoms with Crippen LogP contribution in [0.5, 0.6) is 23.0 Å². The van der Waals surface area contributed by atoms with Crippen LogP contribution in [0, 0.1) is 5.41 Å². The maximum Gasteiger partial charge on any atom is 0.308 e. The van der Waals surface area contributed by atoms with E-state index in [1.54, 1.807) is 36.4 Å². The van der Waals surface area contributed by atoms with Crippen molar-refractivity contribution in [2.24, 2.45) is 5.41 Å². The molecule has 0 aliphatic rings. The Bertz CT molecular complexity index is 999. The maximum atomic E-state index is 11.6. The molecule has 33 heavy (non-hydrogen) atoms. The first-order valence-electron chi connectivity index (χ1n) is 10.3. The molecule has 0 unspecified atom stereocenters. The van der Waals surface area contributed by atoms with E-state index in [-0.39, 0.29) is 34.3 Å². The number of hydrogen-bond acceptors (Lipinski definition) is 8. The molecule has 0 aliphatic carbocycles. The Morgan fingerprint density at radius 2 is 0.879 bits per heavy atom. The van der Waals surface area contributed by atoms with Gasteiger partial charge in [-0.2, -0.15) is 0 Å². The van der Waals surface area contributed by atoms with Gasteiger partial charge in [0.15, 0.2) is 23.0 Å². The Hall–Kier alpha value is -3.68. The van der Waals surface area contributed by atoms with Crippen LogP contribution < -0.4 is 18.9 Å². The predicted octanol–water partition coefficient (Wildman–Crippen LogP) is 4.57. The molecule has 8 nitrogen and oxygen atoms in total. The maximum absolute atomic E-state index is 11.6. The molecule has 0 radical (unpaired) electrons. The summed E-state index contributed by atoms with van der Waals surface area (Å²) in [6, 6.07) is 9.95. The van der Waals surface area contributed by atoms with Gasteiger partial charge in [0.05, 0.1) is 0 Å². The summed E-state index contributed by atoms with van der Waals surface area (Å²) in [5.74, 6) is -2.00. The zero-order valence-corrected chi connectivity index (χ0v) is 19.8. The summed E-state index contributed by atoms with van der Waals surface area (Å²) in [5.41, 5.74) is 1.19. The fraction of sp³-hybridized carbons (Fsp3) is 0.360. The van der Waals surface area contributed by atoms with E-state index in [9.17, 15) is 19.2 Å². The van der Waals surface area contributed by atoms with Crippen LogP contribution in [0.2, 0.25) is 0 Å². The average Bonchev–Trinajstić information content (AvgIpc) is 2.63. The van der Waals surface area contributed by atoms with Gasteiger partial charge in [-0.15, -0.1) is 0 Å². The van der Waals surface area contributed by atoms with Crippen LogP contribution in [0.4, 0.5) is 0 Å². The molecule has 0 spiro atoms. The summed E-state index contributed by atoms with van der Waals surface area (Å²) in [7, 11) is 0. The minimum atomic E-state index is -0.560. The first kappa shape index (κ1) is 25.6. The molecule has 2 aromatic carbocycles. The summed E-state index contributed by atoms with van der Waals surface area (Å²) in [4.78, 5) is 46.1. The summed E-state index contributed by atoms with van der Waals surface area (Å²) in [6.45, 7) is 11.1. The van der Waals surface area contributed by atoms with Gasteiger partial charge in [-0.25, -0.2) is 0 Å². The van der Waals surface area contributed by atoms with Gasteiger partial charge in [0.25, 0.3) is 0 Å². The fourth-order valence-electron chi connectivity index (χ4n) is 3.55. The highest BCUT2D eigenvalue weighted by Crippen LogP contribution is 2.45. The molecular formula is C25H28O8. The third-order valence-electron chi connectivity index (χ3n) is 4.48.